The van der Waals surface area contributed by atoms with Crippen LogP contribution < -0.4 is 16.9 Å². The Morgan fingerprint density at radius 3 is 2.63 bits per heavy atom. The van der Waals surface area contributed by atoms with Gasteiger partial charge in [0.1, 0.15) is 29.3 Å². The molecule has 5 aromatic rings. The van der Waals surface area contributed by atoms with Crippen molar-refractivity contribution in [2.24, 2.45) is 5.73 Å². The summed E-state index contributed by atoms with van der Waals surface area (Å²) in [6.45, 7) is 0. The minimum atomic E-state index is -0.869. The van der Waals surface area contributed by atoms with Crippen molar-refractivity contribution in [1.82, 2.24) is 9.38 Å². The number of carbonyl (C=O) groups excluding carboxylic acids is 1. The molecule has 0 aliphatic rings. The van der Waals surface area contributed by atoms with Gasteiger partial charge in [-0.25, -0.2) is 4.98 Å². The van der Waals surface area contributed by atoms with Gasteiger partial charge >= 0.3 is 0 Å². The zero-order valence-electron chi connectivity index (χ0n) is 15.4. The Balaban J connectivity index is 2.03. The summed E-state index contributed by atoms with van der Waals surface area (Å²) in [5.74, 6) is -0.876. The minimum Gasteiger partial charge on any atom is -0.463 e. The molecule has 0 saturated heterocycles. The topological polar surface area (TPSA) is 140 Å². The van der Waals surface area contributed by atoms with E-state index in [4.69, 9.17) is 15.9 Å². The number of pyridine rings is 1. The Labute approximate surface area is 168 Å². The highest BCUT2D eigenvalue weighted by Gasteiger charge is 2.27. The molecule has 1 amide bonds. The average Bonchev–Trinajstić information content (AvgIpc) is 3.13. The molecule has 0 spiro atoms. The van der Waals surface area contributed by atoms with Gasteiger partial charge in [0.2, 0.25) is 5.43 Å². The lowest BCUT2D eigenvalue weighted by Gasteiger charge is -2.14. The van der Waals surface area contributed by atoms with Crippen LogP contribution in [0.4, 0.5) is 5.82 Å². The van der Waals surface area contributed by atoms with Gasteiger partial charge in [-0.3, -0.25) is 14.0 Å². The third kappa shape index (κ3) is 2.23. The third-order valence-electron chi connectivity index (χ3n) is 5.09. The van der Waals surface area contributed by atoms with Crippen LogP contribution in [0.15, 0.2) is 64.0 Å². The highest BCUT2D eigenvalue weighted by atomic mass is 16.3. The Morgan fingerprint density at radius 1 is 1.13 bits per heavy atom. The van der Waals surface area contributed by atoms with E-state index >= 15 is 0 Å². The molecule has 5 rings (SSSR count). The number of hydrogen-bond acceptors (Lipinski definition) is 6. The maximum Gasteiger partial charge on any atom is 0.253 e. The van der Waals surface area contributed by atoms with E-state index in [-0.39, 0.29) is 33.7 Å². The van der Waals surface area contributed by atoms with Crippen molar-refractivity contribution in [2.45, 2.75) is 0 Å². The summed E-state index contributed by atoms with van der Waals surface area (Å²) < 4.78 is 7.09. The number of hydrogen-bond donors (Lipinski definition) is 2. The zero-order chi connectivity index (χ0) is 21.0. The number of nitrogens with two attached hydrogens (primary N) is 2. The lowest BCUT2D eigenvalue weighted by molar-refractivity contribution is 0.100. The van der Waals surface area contributed by atoms with Gasteiger partial charge in [-0.2, -0.15) is 5.26 Å². The van der Waals surface area contributed by atoms with E-state index in [0.717, 1.165) is 0 Å². The molecule has 0 aliphatic heterocycles. The summed E-state index contributed by atoms with van der Waals surface area (Å²) in [6, 6.07) is 15.9. The van der Waals surface area contributed by atoms with Crippen molar-refractivity contribution in [3.05, 3.63) is 76.1 Å². The number of rotatable bonds is 2. The van der Waals surface area contributed by atoms with Gasteiger partial charge in [-0.05, 0) is 24.3 Å². The fourth-order valence-corrected chi connectivity index (χ4v) is 3.79. The third-order valence-corrected chi connectivity index (χ3v) is 5.09. The molecule has 0 fully saturated rings. The maximum atomic E-state index is 13.2. The highest BCUT2D eigenvalue weighted by Crippen LogP contribution is 2.35. The average molecular weight is 395 g/mol. The molecule has 3 aromatic heterocycles. The molecule has 0 atom stereocenters. The number of carbonyl (C=O) groups is 1. The molecule has 0 saturated carbocycles. The fraction of sp³-hybridized carbons (Fsp3) is 0. The number of nitrogen functional groups attached to an aromatic ring is 1. The number of nitriles is 1. The summed E-state index contributed by atoms with van der Waals surface area (Å²) in [6.07, 6.45) is 1.21. The number of para-hydroxylation sites is 3. The molecule has 0 aliphatic carbocycles. The molecule has 30 heavy (non-hydrogen) atoms. The van der Waals surface area contributed by atoms with Crippen molar-refractivity contribution in [3.63, 3.8) is 0 Å². The lowest BCUT2D eigenvalue weighted by atomic mass is 9.95. The van der Waals surface area contributed by atoms with Crippen LogP contribution in [-0.4, -0.2) is 15.3 Å². The Morgan fingerprint density at radius 2 is 1.87 bits per heavy atom. The van der Waals surface area contributed by atoms with Gasteiger partial charge in [0, 0.05) is 5.56 Å². The quantitative estimate of drug-likeness (QED) is 0.471. The van der Waals surface area contributed by atoms with Crippen LogP contribution in [0.2, 0.25) is 0 Å². The van der Waals surface area contributed by atoms with Gasteiger partial charge in [-0.15, -0.1) is 0 Å². The van der Waals surface area contributed by atoms with Crippen LogP contribution in [0.5, 0.6) is 0 Å². The van der Waals surface area contributed by atoms with Crippen LogP contribution in [0.25, 0.3) is 38.8 Å². The summed E-state index contributed by atoms with van der Waals surface area (Å²) in [4.78, 5) is 30.1. The van der Waals surface area contributed by atoms with Gasteiger partial charge in [0.15, 0.2) is 5.65 Å². The molecule has 144 valence electrons. The standard InChI is InChI=1S/C22H13N5O3/c23-9-12-17(13-10-30-16-8-4-1-5-11(16)19(13)28)18(21(25)29)20(24)27-15-7-3-2-6-14(15)26-22(12)27/h1-8,10H,24H2,(H2,25,29). The molecule has 2 aromatic carbocycles. The Kier molecular flexibility index (Phi) is 3.60. The number of anilines is 1. The van der Waals surface area contributed by atoms with E-state index in [1.54, 1.807) is 48.5 Å². The van der Waals surface area contributed by atoms with E-state index in [0.29, 0.717) is 22.0 Å². The van der Waals surface area contributed by atoms with Crippen LogP contribution in [0.3, 0.4) is 0 Å². The van der Waals surface area contributed by atoms with Gasteiger partial charge in [0.05, 0.1) is 27.5 Å². The first-order valence-electron chi connectivity index (χ1n) is 8.96. The molecule has 8 heteroatoms. The number of primary amides is 1. The van der Waals surface area contributed by atoms with Crippen LogP contribution in [0, 0.1) is 11.3 Å². The van der Waals surface area contributed by atoms with Crippen molar-refractivity contribution in [2.75, 3.05) is 5.73 Å². The first kappa shape index (κ1) is 17.5. The second-order valence-corrected chi connectivity index (χ2v) is 6.72. The molecule has 3 heterocycles. The largest absolute Gasteiger partial charge is 0.463 e. The molecule has 0 unspecified atom stereocenters. The van der Waals surface area contributed by atoms with Crippen molar-refractivity contribution in [3.8, 4) is 17.2 Å². The maximum absolute atomic E-state index is 13.2. The highest BCUT2D eigenvalue weighted by molar-refractivity contribution is 6.08. The molecular formula is C22H13N5O3. The van der Waals surface area contributed by atoms with E-state index in [1.165, 1.54) is 10.7 Å². The first-order valence-corrected chi connectivity index (χ1v) is 8.96. The lowest BCUT2D eigenvalue weighted by Crippen LogP contribution is -2.20. The summed E-state index contributed by atoms with van der Waals surface area (Å²) in [7, 11) is 0. The Bertz CT molecular complexity index is 1620. The van der Waals surface area contributed by atoms with Crippen LogP contribution in [-0.2, 0) is 0 Å². The molecular weight excluding hydrogens is 382 g/mol. The van der Waals surface area contributed by atoms with Gasteiger partial charge < -0.3 is 15.9 Å². The number of imidazole rings is 1. The zero-order valence-corrected chi connectivity index (χ0v) is 15.4. The van der Waals surface area contributed by atoms with E-state index in [9.17, 15) is 14.9 Å². The van der Waals surface area contributed by atoms with E-state index < -0.39 is 11.3 Å². The molecule has 8 nitrogen and oxygen atoms in total. The van der Waals surface area contributed by atoms with Gasteiger partial charge in [0.25, 0.3) is 5.91 Å². The predicted octanol–water partition coefficient (Wildman–Crippen LogP) is 2.81. The van der Waals surface area contributed by atoms with Crippen LogP contribution in [0.1, 0.15) is 15.9 Å². The number of fused-ring (bicyclic) bond motifs is 4. The predicted molar refractivity (Wildman–Crippen MR) is 112 cm³/mol. The number of aromatic nitrogens is 2. The number of amides is 1. The van der Waals surface area contributed by atoms with Gasteiger partial charge in [-0.1, -0.05) is 24.3 Å². The summed E-state index contributed by atoms with van der Waals surface area (Å²) in [5, 5.41) is 10.3. The second-order valence-electron chi connectivity index (χ2n) is 6.72. The monoisotopic (exact) mass is 395 g/mol. The second kappa shape index (κ2) is 6.18. The summed E-state index contributed by atoms with van der Waals surface area (Å²) >= 11 is 0. The fourth-order valence-electron chi connectivity index (χ4n) is 3.79. The Hall–Kier alpha value is -4.64. The molecule has 4 N–H and O–H groups in total. The first-order chi connectivity index (χ1) is 14.5. The molecule has 0 bridgehead atoms. The van der Waals surface area contributed by atoms with E-state index in [2.05, 4.69) is 11.1 Å². The van der Waals surface area contributed by atoms with Crippen molar-refractivity contribution >= 4 is 39.4 Å². The minimum absolute atomic E-state index is 0.00670. The summed E-state index contributed by atoms with van der Waals surface area (Å²) in [5.41, 5.74) is 13.3. The van der Waals surface area contributed by atoms with Crippen molar-refractivity contribution in [1.29, 1.82) is 5.26 Å². The smallest absolute Gasteiger partial charge is 0.253 e. The SMILES string of the molecule is N#Cc1c(-c2coc3ccccc3c2=O)c(C(N)=O)c(N)n2c1nc1ccccc12. The molecule has 0 radical (unpaired) electrons. The number of benzene rings is 2. The van der Waals surface area contributed by atoms with Crippen molar-refractivity contribution < 1.29 is 9.21 Å². The van der Waals surface area contributed by atoms with E-state index in [1.807, 2.05) is 0 Å². The van der Waals surface area contributed by atoms with Crippen LogP contribution >= 0.6 is 0 Å². The normalized spacial score (nSPS) is 11.2. The number of nitrogens with zero attached hydrogens (tertiary/aromatic N) is 3.